The van der Waals surface area contributed by atoms with Crippen LogP contribution in [0.25, 0.3) is 0 Å². The molecule has 124 valence electrons. The molecule has 1 aromatic rings. The molecule has 0 radical (unpaired) electrons. The number of nitrogens with zero attached hydrogens (tertiary/aromatic N) is 1. The lowest BCUT2D eigenvalue weighted by Crippen LogP contribution is -2.33. The molecule has 1 fully saturated rings. The fourth-order valence-corrected chi connectivity index (χ4v) is 3.06. The van der Waals surface area contributed by atoms with Crippen molar-refractivity contribution in [2.45, 2.75) is 57.9 Å². The first kappa shape index (κ1) is 17.3. The van der Waals surface area contributed by atoms with Gasteiger partial charge in [-0.3, -0.25) is 4.90 Å². The zero-order chi connectivity index (χ0) is 16.0. The molecule has 3 nitrogen and oxygen atoms in total. The molecule has 22 heavy (non-hydrogen) atoms. The lowest BCUT2D eigenvalue weighted by molar-refractivity contribution is 0.155. The molecule has 0 amide bonds. The second-order valence-corrected chi connectivity index (χ2v) is 7.35. The van der Waals surface area contributed by atoms with Gasteiger partial charge in [-0.05, 0) is 61.9 Å². The van der Waals surface area contributed by atoms with Gasteiger partial charge in [0.25, 0.3) is 0 Å². The van der Waals surface area contributed by atoms with Crippen molar-refractivity contribution in [2.75, 3.05) is 26.3 Å². The Morgan fingerprint density at radius 1 is 1.27 bits per heavy atom. The number of aliphatic hydroxyl groups is 1. The van der Waals surface area contributed by atoms with E-state index < -0.39 is 0 Å². The fraction of sp³-hybridized carbons (Fsp3) is 0.684. The van der Waals surface area contributed by atoms with Gasteiger partial charge in [0.1, 0.15) is 5.75 Å². The third kappa shape index (κ3) is 4.99. The Balaban J connectivity index is 1.69. The highest BCUT2D eigenvalue weighted by atomic mass is 16.5. The first-order chi connectivity index (χ1) is 10.5. The van der Waals surface area contributed by atoms with E-state index in [0.29, 0.717) is 12.6 Å². The Morgan fingerprint density at radius 2 is 2.09 bits per heavy atom. The topological polar surface area (TPSA) is 32.7 Å². The standard InChI is InChI=1S/C19H31NO2/c1-19(2,3)16-8-6-10-18(14-16)22-13-5-4-11-20-12-7-9-17(20)15-21/h6,8,10,14,17,21H,4-5,7,9,11-13,15H2,1-3H3/t17-/m0/s1. The smallest absolute Gasteiger partial charge is 0.119 e. The molecule has 0 aliphatic carbocycles. The quantitative estimate of drug-likeness (QED) is 0.781. The Morgan fingerprint density at radius 3 is 2.82 bits per heavy atom. The van der Waals surface area contributed by atoms with Gasteiger partial charge in [0.15, 0.2) is 0 Å². The summed E-state index contributed by atoms with van der Waals surface area (Å²) in [6.45, 7) is 9.96. The minimum Gasteiger partial charge on any atom is -0.494 e. The molecule has 1 heterocycles. The van der Waals surface area contributed by atoms with Crippen LogP contribution in [-0.2, 0) is 5.41 Å². The molecule has 0 aromatic heterocycles. The molecule has 0 spiro atoms. The molecule has 0 unspecified atom stereocenters. The molecule has 1 saturated heterocycles. The van der Waals surface area contributed by atoms with Crippen molar-refractivity contribution < 1.29 is 9.84 Å². The minimum atomic E-state index is 0.161. The second kappa shape index (κ2) is 7.98. The summed E-state index contributed by atoms with van der Waals surface area (Å²) in [6, 6.07) is 8.82. The van der Waals surface area contributed by atoms with Gasteiger partial charge >= 0.3 is 0 Å². The maximum Gasteiger partial charge on any atom is 0.119 e. The third-order valence-electron chi connectivity index (χ3n) is 4.52. The molecular weight excluding hydrogens is 274 g/mol. The van der Waals surface area contributed by atoms with Gasteiger partial charge in [0.2, 0.25) is 0 Å². The zero-order valence-electron chi connectivity index (χ0n) is 14.3. The number of hydrogen-bond acceptors (Lipinski definition) is 3. The number of aliphatic hydroxyl groups excluding tert-OH is 1. The first-order valence-corrected chi connectivity index (χ1v) is 8.59. The van der Waals surface area contributed by atoms with Crippen molar-refractivity contribution in [1.82, 2.24) is 4.90 Å². The summed E-state index contributed by atoms with van der Waals surface area (Å²) in [5.74, 6) is 0.974. The predicted octanol–water partition coefficient (Wildman–Crippen LogP) is 3.60. The van der Waals surface area contributed by atoms with Gasteiger partial charge in [0.05, 0.1) is 13.2 Å². The van der Waals surface area contributed by atoms with Crippen LogP contribution in [0.2, 0.25) is 0 Å². The zero-order valence-corrected chi connectivity index (χ0v) is 14.3. The van der Waals surface area contributed by atoms with Crippen LogP contribution in [-0.4, -0.2) is 42.4 Å². The van der Waals surface area contributed by atoms with E-state index in [4.69, 9.17) is 4.74 Å². The maximum atomic E-state index is 9.31. The Labute approximate surface area is 135 Å². The van der Waals surface area contributed by atoms with Crippen molar-refractivity contribution in [2.24, 2.45) is 0 Å². The first-order valence-electron chi connectivity index (χ1n) is 8.59. The molecule has 1 N–H and O–H groups in total. The van der Waals surface area contributed by atoms with E-state index >= 15 is 0 Å². The van der Waals surface area contributed by atoms with Gasteiger partial charge in [0, 0.05) is 6.04 Å². The molecule has 3 heteroatoms. The van der Waals surface area contributed by atoms with E-state index in [1.165, 1.54) is 12.0 Å². The molecule has 1 aliphatic heterocycles. The van der Waals surface area contributed by atoms with Crippen LogP contribution in [0.15, 0.2) is 24.3 Å². The molecule has 2 rings (SSSR count). The van der Waals surface area contributed by atoms with E-state index in [2.05, 4.69) is 43.9 Å². The molecule has 1 aliphatic rings. The normalized spacial score (nSPS) is 19.5. The van der Waals surface area contributed by atoms with Crippen LogP contribution in [0.4, 0.5) is 0 Å². The highest BCUT2D eigenvalue weighted by molar-refractivity contribution is 5.32. The highest BCUT2D eigenvalue weighted by Crippen LogP contribution is 2.25. The number of ether oxygens (including phenoxy) is 1. The molecule has 0 saturated carbocycles. The van der Waals surface area contributed by atoms with Gasteiger partial charge in [-0.1, -0.05) is 32.9 Å². The number of benzene rings is 1. The summed E-state index contributed by atoms with van der Waals surface area (Å²) in [7, 11) is 0. The van der Waals surface area contributed by atoms with Crippen molar-refractivity contribution in [1.29, 1.82) is 0 Å². The molecular formula is C19H31NO2. The minimum absolute atomic E-state index is 0.161. The summed E-state index contributed by atoms with van der Waals surface area (Å²) in [6.07, 6.45) is 4.57. The lowest BCUT2D eigenvalue weighted by Gasteiger charge is -2.22. The Hall–Kier alpha value is -1.06. The largest absolute Gasteiger partial charge is 0.494 e. The lowest BCUT2D eigenvalue weighted by atomic mass is 9.87. The van der Waals surface area contributed by atoms with Crippen LogP contribution < -0.4 is 4.74 Å². The summed E-state index contributed by atoms with van der Waals surface area (Å²) in [5.41, 5.74) is 1.47. The average molecular weight is 305 g/mol. The summed E-state index contributed by atoms with van der Waals surface area (Å²) < 4.78 is 5.89. The van der Waals surface area contributed by atoms with Gasteiger partial charge in [-0.25, -0.2) is 0 Å². The summed E-state index contributed by atoms with van der Waals surface area (Å²) in [5, 5.41) is 9.31. The number of hydrogen-bond donors (Lipinski definition) is 1. The van der Waals surface area contributed by atoms with Crippen LogP contribution in [0.1, 0.15) is 52.0 Å². The second-order valence-electron chi connectivity index (χ2n) is 7.35. The van der Waals surface area contributed by atoms with Crippen molar-refractivity contribution in [3.05, 3.63) is 29.8 Å². The van der Waals surface area contributed by atoms with Crippen LogP contribution in [0, 0.1) is 0 Å². The summed E-state index contributed by atoms with van der Waals surface area (Å²) >= 11 is 0. The average Bonchev–Trinajstić information content (AvgIpc) is 2.94. The van der Waals surface area contributed by atoms with Gasteiger partial charge in [-0.15, -0.1) is 0 Å². The van der Waals surface area contributed by atoms with Crippen LogP contribution in [0.5, 0.6) is 5.75 Å². The van der Waals surface area contributed by atoms with E-state index in [0.717, 1.165) is 44.7 Å². The monoisotopic (exact) mass is 305 g/mol. The number of likely N-dealkylation sites (tertiary alicyclic amines) is 1. The van der Waals surface area contributed by atoms with E-state index in [9.17, 15) is 5.11 Å². The van der Waals surface area contributed by atoms with E-state index in [-0.39, 0.29) is 5.41 Å². The van der Waals surface area contributed by atoms with Gasteiger partial charge < -0.3 is 9.84 Å². The van der Waals surface area contributed by atoms with Crippen LogP contribution >= 0.6 is 0 Å². The SMILES string of the molecule is CC(C)(C)c1cccc(OCCCCN2CCC[C@H]2CO)c1. The Bertz CT molecular complexity index is 453. The fourth-order valence-electron chi connectivity index (χ4n) is 3.06. The number of unbranched alkanes of at least 4 members (excludes halogenated alkanes) is 1. The van der Waals surface area contributed by atoms with Crippen molar-refractivity contribution in [3.63, 3.8) is 0 Å². The number of rotatable bonds is 7. The molecule has 0 bridgehead atoms. The predicted molar refractivity (Wildman–Crippen MR) is 91.6 cm³/mol. The van der Waals surface area contributed by atoms with E-state index in [1.54, 1.807) is 0 Å². The molecule has 1 atom stereocenters. The van der Waals surface area contributed by atoms with Crippen molar-refractivity contribution in [3.8, 4) is 5.75 Å². The van der Waals surface area contributed by atoms with Crippen LogP contribution in [0.3, 0.4) is 0 Å². The van der Waals surface area contributed by atoms with Gasteiger partial charge in [-0.2, -0.15) is 0 Å². The Kier molecular flexibility index (Phi) is 6.27. The highest BCUT2D eigenvalue weighted by Gasteiger charge is 2.22. The maximum absolute atomic E-state index is 9.31. The van der Waals surface area contributed by atoms with E-state index in [1.807, 2.05) is 6.07 Å². The third-order valence-corrected chi connectivity index (χ3v) is 4.52. The van der Waals surface area contributed by atoms with Crippen molar-refractivity contribution >= 4 is 0 Å². The molecule has 1 aromatic carbocycles. The summed E-state index contributed by atoms with van der Waals surface area (Å²) in [4.78, 5) is 2.42.